The van der Waals surface area contributed by atoms with Crippen LogP contribution >= 0.6 is 11.3 Å². The number of aromatic nitrogens is 2. The normalized spacial score (nSPS) is 20.3. The van der Waals surface area contributed by atoms with Crippen LogP contribution in [-0.2, 0) is 34.2 Å². The van der Waals surface area contributed by atoms with E-state index in [4.69, 9.17) is 0 Å². The summed E-state index contributed by atoms with van der Waals surface area (Å²) in [5.41, 5.74) is 1.78. The van der Waals surface area contributed by atoms with Gasteiger partial charge >= 0.3 is 0 Å². The lowest BCUT2D eigenvalue weighted by molar-refractivity contribution is -0.131. The average Bonchev–Trinajstić information content (AvgIpc) is 3.32. The first kappa shape index (κ1) is 19.3. The number of thiophene rings is 1. The molecule has 1 saturated heterocycles. The quantitative estimate of drug-likeness (QED) is 0.793. The van der Waals surface area contributed by atoms with Crippen LogP contribution in [0.15, 0.2) is 21.6 Å². The SMILES string of the molecule is CS(=O)(=O)N1CCc2c(nc([C@@H]3CCCN3C(=O)Cc3ccsc3)[nH]c2=O)C1. The van der Waals surface area contributed by atoms with E-state index in [0.717, 1.165) is 24.7 Å². The molecular weight excluding hydrogens is 400 g/mol. The van der Waals surface area contributed by atoms with Crippen molar-refractivity contribution in [3.63, 3.8) is 0 Å². The van der Waals surface area contributed by atoms with E-state index < -0.39 is 10.0 Å². The molecule has 150 valence electrons. The van der Waals surface area contributed by atoms with E-state index in [0.29, 0.717) is 36.5 Å². The van der Waals surface area contributed by atoms with Gasteiger partial charge in [0.2, 0.25) is 15.9 Å². The molecule has 0 bridgehead atoms. The third kappa shape index (κ3) is 3.76. The summed E-state index contributed by atoms with van der Waals surface area (Å²) in [4.78, 5) is 34.6. The number of fused-ring (bicyclic) bond motifs is 1. The third-order valence-corrected chi connectivity index (χ3v) is 7.33. The molecule has 1 N–H and O–H groups in total. The van der Waals surface area contributed by atoms with Crippen LogP contribution in [0.4, 0.5) is 0 Å². The minimum absolute atomic E-state index is 0.0130. The highest BCUT2D eigenvalue weighted by Gasteiger charge is 2.33. The summed E-state index contributed by atoms with van der Waals surface area (Å²) in [6, 6.07) is 1.66. The molecule has 0 saturated carbocycles. The van der Waals surface area contributed by atoms with Gasteiger partial charge in [-0.15, -0.1) is 0 Å². The predicted octanol–water partition coefficient (Wildman–Crippen LogP) is 1.06. The lowest BCUT2D eigenvalue weighted by atomic mass is 10.1. The van der Waals surface area contributed by atoms with Gasteiger partial charge in [-0.3, -0.25) is 9.59 Å². The number of H-pyrrole nitrogens is 1. The minimum Gasteiger partial charge on any atom is -0.332 e. The van der Waals surface area contributed by atoms with Crippen molar-refractivity contribution in [1.29, 1.82) is 0 Å². The standard InChI is InChI=1S/C18H22N4O4S2/c1-28(25,26)21-7-4-13-14(10-21)19-17(20-18(13)24)15-3-2-6-22(15)16(23)9-12-5-8-27-11-12/h5,8,11,15H,2-4,6-7,9-10H2,1H3,(H,19,20,24)/t15-/m0/s1. The predicted molar refractivity (Wildman–Crippen MR) is 106 cm³/mol. The second-order valence-corrected chi connectivity index (χ2v) is 10.0. The number of hydrogen-bond acceptors (Lipinski definition) is 6. The number of carbonyl (C=O) groups is 1. The van der Waals surface area contributed by atoms with E-state index in [1.165, 1.54) is 4.31 Å². The fourth-order valence-electron chi connectivity index (χ4n) is 3.89. The Hall–Kier alpha value is -2.04. The molecule has 8 nitrogen and oxygen atoms in total. The van der Waals surface area contributed by atoms with Gasteiger partial charge in [0.25, 0.3) is 5.56 Å². The summed E-state index contributed by atoms with van der Waals surface area (Å²) in [7, 11) is -3.35. The van der Waals surface area contributed by atoms with E-state index in [-0.39, 0.29) is 30.6 Å². The van der Waals surface area contributed by atoms with Crippen molar-refractivity contribution < 1.29 is 13.2 Å². The summed E-state index contributed by atoms with van der Waals surface area (Å²) in [6.45, 7) is 1.01. The van der Waals surface area contributed by atoms with Crippen LogP contribution in [0.25, 0.3) is 0 Å². The van der Waals surface area contributed by atoms with Crippen molar-refractivity contribution in [2.24, 2.45) is 0 Å². The molecule has 0 radical (unpaired) electrons. The van der Waals surface area contributed by atoms with Crippen molar-refractivity contribution in [2.45, 2.75) is 38.3 Å². The van der Waals surface area contributed by atoms with Crippen molar-refractivity contribution in [3.05, 3.63) is 49.8 Å². The first-order valence-corrected chi connectivity index (χ1v) is 12.0. The Balaban J connectivity index is 1.61. The van der Waals surface area contributed by atoms with Gasteiger partial charge in [-0.05, 0) is 41.7 Å². The Morgan fingerprint density at radius 1 is 1.39 bits per heavy atom. The highest BCUT2D eigenvalue weighted by atomic mass is 32.2. The summed E-state index contributed by atoms with van der Waals surface area (Å²) in [5.74, 6) is 0.467. The molecule has 10 heteroatoms. The van der Waals surface area contributed by atoms with E-state index in [1.54, 1.807) is 16.2 Å². The number of nitrogens with one attached hydrogen (secondary N) is 1. The maximum Gasteiger partial charge on any atom is 0.254 e. The van der Waals surface area contributed by atoms with E-state index >= 15 is 0 Å². The topological polar surface area (TPSA) is 103 Å². The van der Waals surface area contributed by atoms with Gasteiger partial charge in [0, 0.05) is 18.7 Å². The van der Waals surface area contributed by atoms with Crippen molar-refractivity contribution in [2.75, 3.05) is 19.3 Å². The molecule has 4 heterocycles. The number of sulfonamides is 1. The van der Waals surface area contributed by atoms with Crippen LogP contribution in [-0.4, -0.2) is 52.8 Å². The fraction of sp³-hybridized carbons (Fsp3) is 0.500. The first-order chi connectivity index (χ1) is 13.3. The summed E-state index contributed by atoms with van der Waals surface area (Å²) in [5, 5.41) is 3.90. The molecule has 1 amide bonds. The Morgan fingerprint density at radius 3 is 2.93 bits per heavy atom. The van der Waals surface area contributed by atoms with Crippen LogP contribution in [0.5, 0.6) is 0 Å². The Bertz CT molecular complexity index is 1050. The Kier molecular flexibility index (Phi) is 5.11. The molecule has 2 aliphatic heterocycles. The van der Waals surface area contributed by atoms with Crippen molar-refractivity contribution in [3.8, 4) is 0 Å². The lowest BCUT2D eigenvalue weighted by Gasteiger charge is -2.28. The van der Waals surface area contributed by atoms with E-state index in [2.05, 4.69) is 9.97 Å². The second kappa shape index (κ2) is 7.41. The van der Waals surface area contributed by atoms with Gasteiger partial charge in [-0.25, -0.2) is 13.4 Å². The van der Waals surface area contributed by atoms with Crippen LogP contribution in [0.3, 0.4) is 0 Å². The Morgan fingerprint density at radius 2 is 2.21 bits per heavy atom. The zero-order chi connectivity index (χ0) is 19.9. The number of aromatic amines is 1. The summed E-state index contributed by atoms with van der Waals surface area (Å²) < 4.78 is 25.1. The van der Waals surface area contributed by atoms with Gasteiger partial charge in [0.1, 0.15) is 5.82 Å². The van der Waals surface area contributed by atoms with Crippen molar-refractivity contribution >= 4 is 27.3 Å². The maximum absolute atomic E-state index is 12.8. The van der Waals surface area contributed by atoms with Gasteiger partial charge in [-0.1, -0.05) is 0 Å². The molecule has 2 aromatic rings. The lowest BCUT2D eigenvalue weighted by Crippen LogP contribution is -2.40. The number of nitrogens with zero attached hydrogens (tertiary/aromatic N) is 3. The molecule has 2 aliphatic rings. The maximum atomic E-state index is 12.8. The second-order valence-electron chi connectivity index (χ2n) is 7.28. The van der Waals surface area contributed by atoms with Gasteiger partial charge in [0.05, 0.1) is 31.0 Å². The van der Waals surface area contributed by atoms with Crippen molar-refractivity contribution in [1.82, 2.24) is 19.2 Å². The molecule has 0 aliphatic carbocycles. The van der Waals surface area contributed by atoms with Crippen LogP contribution < -0.4 is 5.56 Å². The average molecular weight is 423 g/mol. The molecule has 4 rings (SSSR count). The molecule has 0 spiro atoms. The number of carbonyl (C=O) groups excluding carboxylic acids is 1. The Labute approximate surface area is 167 Å². The molecule has 1 atom stereocenters. The molecule has 0 aromatic carbocycles. The monoisotopic (exact) mass is 422 g/mol. The summed E-state index contributed by atoms with van der Waals surface area (Å²) in [6.07, 6.45) is 3.41. The van der Waals surface area contributed by atoms with E-state index in [1.807, 2.05) is 16.8 Å². The highest BCUT2D eigenvalue weighted by Crippen LogP contribution is 2.31. The zero-order valence-corrected chi connectivity index (χ0v) is 17.2. The van der Waals surface area contributed by atoms with Gasteiger partial charge in [-0.2, -0.15) is 15.6 Å². The van der Waals surface area contributed by atoms with Crippen LogP contribution in [0, 0.1) is 0 Å². The largest absolute Gasteiger partial charge is 0.332 e. The summed E-state index contributed by atoms with van der Waals surface area (Å²) >= 11 is 1.56. The van der Waals surface area contributed by atoms with Crippen LogP contribution in [0.1, 0.15) is 41.5 Å². The highest BCUT2D eigenvalue weighted by molar-refractivity contribution is 7.88. The van der Waals surface area contributed by atoms with Crippen LogP contribution in [0.2, 0.25) is 0 Å². The van der Waals surface area contributed by atoms with E-state index in [9.17, 15) is 18.0 Å². The fourth-order valence-corrected chi connectivity index (χ4v) is 5.34. The molecule has 28 heavy (non-hydrogen) atoms. The van der Waals surface area contributed by atoms with Gasteiger partial charge < -0.3 is 9.88 Å². The number of likely N-dealkylation sites (tertiary alicyclic amines) is 1. The number of hydrogen-bond donors (Lipinski definition) is 1. The molecule has 1 fully saturated rings. The number of rotatable bonds is 4. The molecule has 0 unspecified atom stereocenters. The molecule has 2 aromatic heterocycles. The molecular formula is C18H22N4O4S2. The zero-order valence-electron chi connectivity index (χ0n) is 15.6. The minimum atomic E-state index is -3.35. The number of amides is 1. The smallest absolute Gasteiger partial charge is 0.254 e. The van der Waals surface area contributed by atoms with Gasteiger partial charge in [0.15, 0.2) is 0 Å². The first-order valence-electron chi connectivity index (χ1n) is 9.20. The third-order valence-electron chi connectivity index (χ3n) is 5.35.